The molecular formula is C15H20O5. The maximum atomic E-state index is 11.9. The summed E-state index contributed by atoms with van der Waals surface area (Å²) in [7, 11) is 0. The van der Waals surface area contributed by atoms with Gasteiger partial charge in [0.05, 0.1) is 17.7 Å². The minimum Gasteiger partial charge on any atom is -0.460 e. The Morgan fingerprint density at radius 2 is 1.55 bits per heavy atom. The average Bonchev–Trinajstić information content (AvgIpc) is 2.50. The van der Waals surface area contributed by atoms with Crippen molar-refractivity contribution in [1.29, 1.82) is 0 Å². The molecule has 0 aliphatic carbocycles. The van der Waals surface area contributed by atoms with Crippen molar-refractivity contribution in [2.75, 3.05) is 13.2 Å². The van der Waals surface area contributed by atoms with Gasteiger partial charge in [-0.1, -0.05) is 13.8 Å². The van der Waals surface area contributed by atoms with Crippen molar-refractivity contribution in [2.24, 2.45) is 0 Å². The van der Waals surface area contributed by atoms with E-state index in [-0.39, 0.29) is 19.3 Å². The summed E-state index contributed by atoms with van der Waals surface area (Å²) in [5.41, 5.74) is 0.730. The van der Waals surface area contributed by atoms with Gasteiger partial charge in [0.25, 0.3) is 0 Å². The van der Waals surface area contributed by atoms with Gasteiger partial charge in [0.1, 0.15) is 12.7 Å². The first-order valence-corrected chi connectivity index (χ1v) is 6.71. The molecule has 1 aromatic rings. The van der Waals surface area contributed by atoms with Crippen LogP contribution in [0.3, 0.4) is 0 Å². The molecular weight excluding hydrogens is 260 g/mol. The highest BCUT2D eigenvalue weighted by Gasteiger charge is 2.14. The van der Waals surface area contributed by atoms with Gasteiger partial charge in [-0.25, -0.2) is 9.59 Å². The number of carbonyl (C=O) groups is 2. The molecule has 0 atom stereocenters. The van der Waals surface area contributed by atoms with E-state index in [9.17, 15) is 9.59 Å². The summed E-state index contributed by atoms with van der Waals surface area (Å²) in [4.78, 5) is 23.4. The fourth-order valence-electron chi connectivity index (χ4n) is 1.64. The van der Waals surface area contributed by atoms with Crippen molar-refractivity contribution >= 4 is 11.9 Å². The number of esters is 2. The molecule has 0 amide bonds. The van der Waals surface area contributed by atoms with E-state index in [2.05, 4.69) is 0 Å². The minimum atomic E-state index is -0.529. The zero-order valence-corrected chi connectivity index (χ0v) is 11.8. The average molecular weight is 280 g/mol. The lowest BCUT2D eigenvalue weighted by molar-refractivity contribution is 0.0283. The lowest BCUT2D eigenvalue weighted by atomic mass is 10.1. The Morgan fingerprint density at radius 3 is 2.00 bits per heavy atom. The van der Waals surface area contributed by atoms with Gasteiger partial charge >= 0.3 is 11.9 Å². The van der Waals surface area contributed by atoms with Crippen LogP contribution in [0.1, 0.15) is 47.4 Å². The highest BCUT2D eigenvalue weighted by atomic mass is 16.5. The van der Waals surface area contributed by atoms with Crippen LogP contribution in [0.4, 0.5) is 0 Å². The van der Waals surface area contributed by atoms with Crippen LogP contribution < -0.4 is 0 Å². The van der Waals surface area contributed by atoms with E-state index in [0.717, 1.165) is 12.8 Å². The number of benzene rings is 1. The van der Waals surface area contributed by atoms with Crippen LogP contribution >= 0.6 is 0 Å². The topological polar surface area (TPSA) is 72.8 Å². The number of ether oxygens (including phenoxy) is 2. The third-order valence-electron chi connectivity index (χ3n) is 2.87. The van der Waals surface area contributed by atoms with E-state index in [1.165, 1.54) is 24.3 Å². The van der Waals surface area contributed by atoms with E-state index in [0.29, 0.717) is 11.1 Å². The van der Waals surface area contributed by atoms with Crippen LogP contribution in [0.25, 0.3) is 0 Å². The molecule has 0 unspecified atom stereocenters. The minimum absolute atomic E-state index is 0.0443. The highest BCUT2D eigenvalue weighted by molar-refractivity contribution is 5.93. The van der Waals surface area contributed by atoms with E-state index in [1.807, 2.05) is 13.8 Å². The van der Waals surface area contributed by atoms with Gasteiger partial charge in [-0.05, 0) is 37.1 Å². The molecule has 5 nitrogen and oxygen atoms in total. The third-order valence-corrected chi connectivity index (χ3v) is 2.87. The predicted octanol–water partition coefficient (Wildman–Crippen LogP) is 2.18. The number of carbonyl (C=O) groups excluding carboxylic acids is 2. The van der Waals surface area contributed by atoms with E-state index < -0.39 is 11.9 Å². The van der Waals surface area contributed by atoms with Crippen molar-refractivity contribution < 1.29 is 24.2 Å². The highest BCUT2D eigenvalue weighted by Crippen LogP contribution is 2.11. The Morgan fingerprint density at radius 1 is 1.05 bits per heavy atom. The number of rotatable bonds is 7. The monoisotopic (exact) mass is 280 g/mol. The first-order valence-electron chi connectivity index (χ1n) is 6.71. The zero-order chi connectivity index (χ0) is 15.0. The smallest absolute Gasteiger partial charge is 0.338 e. The SMILES string of the molecule is CCC(CC)OC(=O)c1ccc(C(=O)OCCO)cc1. The Kier molecular flexibility index (Phi) is 6.73. The number of hydrogen-bond donors (Lipinski definition) is 1. The molecule has 0 saturated heterocycles. The van der Waals surface area contributed by atoms with Gasteiger partial charge < -0.3 is 14.6 Å². The number of hydrogen-bond acceptors (Lipinski definition) is 5. The summed E-state index contributed by atoms with van der Waals surface area (Å²) in [5.74, 6) is -0.923. The summed E-state index contributed by atoms with van der Waals surface area (Å²) in [6, 6.07) is 6.06. The van der Waals surface area contributed by atoms with Crippen LogP contribution in [0, 0.1) is 0 Å². The van der Waals surface area contributed by atoms with Gasteiger partial charge in [-0.15, -0.1) is 0 Å². The molecule has 0 spiro atoms. The van der Waals surface area contributed by atoms with E-state index in [1.54, 1.807) is 0 Å². The molecule has 0 aromatic heterocycles. The third kappa shape index (κ3) is 4.66. The molecule has 0 heterocycles. The molecule has 20 heavy (non-hydrogen) atoms. The first kappa shape index (κ1) is 16.2. The maximum Gasteiger partial charge on any atom is 0.338 e. The molecule has 0 aliphatic rings. The van der Waals surface area contributed by atoms with Gasteiger partial charge in [0.2, 0.25) is 0 Å². The summed E-state index contributed by atoms with van der Waals surface area (Å²) in [6.45, 7) is 3.66. The van der Waals surface area contributed by atoms with Crippen LogP contribution in [0.15, 0.2) is 24.3 Å². The van der Waals surface area contributed by atoms with Crippen LogP contribution in [-0.4, -0.2) is 36.4 Å². The van der Waals surface area contributed by atoms with Crippen molar-refractivity contribution in [1.82, 2.24) is 0 Å². The molecule has 0 radical (unpaired) electrons. The fourth-order valence-corrected chi connectivity index (χ4v) is 1.64. The second-order valence-corrected chi connectivity index (χ2v) is 4.28. The lowest BCUT2D eigenvalue weighted by Crippen LogP contribution is -2.16. The molecule has 0 saturated carbocycles. The van der Waals surface area contributed by atoms with E-state index >= 15 is 0 Å². The lowest BCUT2D eigenvalue weighted by Gasteiger charge is -2.13. The Balaban J connectivity index is 2.66. The van der Waals surface area contributed by atoms with Crippen LogP contribution in [0.5, 0.6) is 0 Å². The van der Waals surface area contributed by atoms with Crippen molar-refractivity contribution in [3.05, 3.63) is 35.4 Å². The zero-order valence-electron chi connectivity index (χ0n) is 11.8. The van der Waals surface area contributed by atoms with Gasteiger partial charge in [0.15, 0.2) is 0 Å². The summed E-state index contributed by atoms with van der Waals surface area (Å²) >= 11 is 0. The number of aliphatic hydroxyl groups excluding tert-OH is 1. The second-order valence-electron chi connectivity index (χ2n) is 4.28. The Bertz CT molecular complexity index is 434. The predicted molar refractivity (Wildman–Crippen MR) is 73.6 cm³/mol. The summed E-state index contributed by atoms with van der Waals surface area (Å²) in [6.07, 6.45) is 1.46. The second kappa shape index (κ2) is 8.32. The van der Waals surface area contributed by atoms with Gasteiger partial charge in [-0.3, -0.25) is 0 Å². The van der Waals surface area contributed by atoms with Crippen molar-refractivity contribution in [3.63, 3.8) is 0 Å². The normalized spacial score (nSPS) is 10.4. The van der Waals surface area contributed by atoms with E-state index in [4.69, 9.17) is 14.6 Å². The maximum absolute atomic E-state index is 11.9. The van der Waals surface area contributed by atoms with Crippen molar-refractivity contribution in [3.8, 4) is 0 Å². The Hall–Kier alpha value is -1.88. The quantitative estimate of drug-likeness (QED) is 0.775. The summed E-state index contributed by atoms with van der Waals surface area (Å²) < 4.78 is 10.1. The molecule has 1 N–H and O–H groups in total. The van der Waals surface area contributed by atoms with Crippen LogP contribution in [-0.2, 0) is 9.47 Å². The Labute approximate surface area is 118 Å². The molecule has 1 aromatic carbocycles. The molecule has 110 valence electrons. The molecule has 0 bridgehead atoms. The molecule has 0 fully saturated rings. The fraction of sp³-hybridized carbons (Fsp3) is 0.467. The number of aliphatic hydroxyl groups is 1. The largest absolute Gasteiger partial charge is 0.460 e. The molecule has 1 rings (SSSR count). The molecule has 5 heteroatoms. The standard InChI is InChI=1S/C15H20O5/c1-3-13(4-2)20-15(18)12-7-5-11(6-8-12)14(17)19-10-9-16/h5-8,13,16H,3-4,9-10H2,1-2H3. The molecule has 0 aliphatic heterocycles. The van der Waals surface area contributed by atoms with Gasteiger partial charge in [0, 0.05) is 0 Å². The van der Waals surface area contributed by atoms with Crippen LogP contribution in [0.2, 0.25) is 0 Å². The van der Waals surface area contributed by atoms with Gasteiger partial charge in [-0.2, -0.15) is 0 Å². The first-order chi connectivity index (χ1) is 9.62. The van der Waals surface area contributed by atoms with Crippen molar-refractivity contribution in [2.45, 2.75) is 32.8 Å². The summed E-state index contributed by atoms with van der Waals surface area (Å²) in [5, 5.41) is 8.57.